The summed E-state index contributed by atoms with van der Waals surface area (Å²) in [6.45, 7) is 7.15. The Morgan fingerprint density at radius 3 is 2.43 bits per heavy atom. The zero-order valence-corrected chi connectivity index (χ0v) is 15.7. The van der Waals surface area contributed by atoms with Gasteiger partial charge < -0.3 is 9.26 Å². The highest BCUT2D eigenvalue weighted by Gasteiger charge is 2.15. The molecule has 0 aliphatic heterocycles. The minimum Gasteiger partial charge on any atom is -0.462 e. The summed E-state index contributed by atoms with van der Waals surface area (Å²) >= 11 is 1.03. The molecular formula is C16H23O5PS. The number of hydrogen-bond donors (Lipinski definition) is 0. The Hall–Kier alpha value is -1.10. The Morgan fingerprint density at radius 1 is 1.17 bits per heavy atom. The van der Waals surface area contributed by atoms with Crippen LogP contribution in [0.15, 0.2) is 23.1 Å². The fourth-order valence-corrected chi connectivity index (χ4v) is 3.15. The first kappa shape index (κ1) is 19.9. The molecule has 5 nitrogen and oxygen atoms in total. The van der Waals surface area contributed by atoms with Gasteiger partial charge in [-0.15, -0.1) is 0 Å². The van der Waals surface area contributed by atoms with Crippen molar-refractivity contribution in [1.82, 2.24) is 0 Å². The van der Waals surface area contributed by atoms with E-state index in [9.17, 15) is 14.2 Å². The van der Waals surface area contributed by atoms with Crippen LogP contribution in [-0.2, 0) is 18.6 Å². The predicted octanol–water partition coefficient (Wildman–Crippen LogP) is 4.12. The number of thioether (sulfide) groups is 1. The molecule has 0 aliphatic rings. The lowest BCUT2D eigenvalue weighted by molar-refractivity contribution is -0.109. The van der Waals surface area contributed by atoms with E-state index < -0.39 is 13.3 Å². The van der Waals surface area contributed by atoms with Crippen molar-refractivity contribution in [1.29, 1.82) is 0 Å². The number of esters is 1. The summed E-state index contributed by atoms with van der Waals surface area (Å²) in [4.78, 5) is 24.0. The molecule has 0 saturated heterocycles. The van der Waals surface area contributed by atoms with Crippen LogP contribution in [0.25, 0.3) is 0 Å². The molecule has 0 bridgehead atoms. The highest BCUT2D eigenvalue weighted by Crippen LogP contribution is 2.37. The first-order valence-electron chi connectivity index (χ1n) is 7.35. The molecule has 0 saturated carbocycles. The van der Waals surface area contributed by atoms with Gasteiger partial charge in [-0.25, -0.2) is 4.79 Å². The second-order valence-corrected chi connectivity index (χ2v) is 9.50. The molecule has 23 heavy (non-hydrogen) atoms. The summed E-state index contributed by atoms with van der Waals surface area (Å²) in [6.07, 6.45) is 1.30. The molecule has 0 aromatic heterocycles. The van der Waals surface area contributed by atoms with Gasteiger partial charge in [-0.2, -0.15) is 0 Å². The lowest BCUT2D eigenvalue weighted by Gasteiger charge is -2.10. The highest BCUT2D eigenvalue weighted by atomic mass is 32.2. The summed E-state index contributed by atoms with van der Waals surface area (Å²) in [5.41, 5.74) is 1.38. The van der Waals surface area contributed by atoms with E-state index in [-0.39, 0.29) is 11.7 Å². The lowest BCUT2D eigenvalue weighted by Crippen LogP contribution is -2.09. The summed E-state index contributed by atoms with van der Waals surface area (Å²) in [7, 11) is -2.45. The van der Waals surface area contributed by atoms with E-state index in [4.69, 9.17) is 9.26 Å². The molecule has 0 spiro atoms. The Labute approximate surface area is 141 Å². The predicted molar refractivity (Wildman–Crippen MR) is 92.6 cm³/mol. The van der Waals surface area contributed by atoms with Gasteiger partial charge in [-0.05, 0) is 37.5 Å². The van der Waals surface area contributed by atoms with Crippen molar-refractivity contribution in [2.24, 2.45) is 0 Å². The second-order valence-electron chi connectivity index (χ2n) is 5.52. The van der Waals surface area contributed by atoms with Crippen molar-refractivity contribution in [2.45, 2.75) is 31.6 Å². The van der Waals surface area contributed by atoms with Crippen LogP contribution in [0.5, 0.6) is 0 Å². The number of unbranched alkanes of at least 4 members (excludes halogenated alkanes) is 1. The van der Waals surface area contributed by atoms with E-state index in [0.29, 0.717) is 29.9 Å². The molecule has 0 radical (unpaired) electrons. The number of carbonyl (C=O) groups excluding carboxylic acids is 2. The van der Waals surface area contributed by atoms with E-state index in [2.05, 4.69) is 0 Å². The fourth-order valence-electron chi connectivity index (χ4n) is 1.77. The number of ether oxygens (including phenoxy) is 1. The SMILES string of the molecule is CC(=O)Sc1cc(C)ccc1C(=O)OCCCCOP(C)(C)=O. The zero-order chi connectivity index (χ0) is 17.5. The molecule has 0 atom stereocenters. The largest absolute Gasteiger partial charge is 0.462 e. The van der Waals surface area contributed by atoms with Gasteiger partial charge in [0.25, 0.3) is 0 Å². The normalized spacial score (nSPS) is 11.3. The van der Waals surface area contributed by atoms with E-state index in [1.807, 2.05) is 13.0 Å². The van der Waals surface area contributed by atoms with Crippen molar-refractivity contribution in [3.63, 3.8) is 0 Å². The van der Waals surface area contributed by atoms with Crippen molar-refractivity contribution in [3.05, 3.63) is 29.3 Å². The van der Waals surface area contributed by atoms with Gasteiger partial charge in [-0.1, -0.05) is 17.8 Å². The highest BCUT2D eigenvalue weighted by molar-refractivity contribution is 8.13. The quantitative estimate of drug-likeness (QED) is 0.301. The van der Waals surface area contributed by atoms with Crippen molar-refractivity contribution in [2.75, 3.05) is 26.5 Å². The summed E-state index contributed by atoms with van der Waals surface area (Å²) in [5.74, 6) is -0.439. The number of benzene rings is 1. The van der Waals surface area contributed by atoms with Gasteiger partial charge >= 0.3 is 5.97 Å². The van der Waals surface area contributed by atoms with Gasteiger partial charge in [0.2, 0.25) is 0 Å². The Kier molecular flexibility index (Phi) is 8.03. The maximum absolute atomic E-state index is 12.1. The standard InChI is InChI=1S/C16H23O5PS/c1-12-7-8-14(15(11-12)23-13(2)17)16(18)20-9-5-6-10-21-22(3,4)19/h7-8,11H,5-6,9-10H2,1-4H3. The van der Waals surface area contributed by atoms with Gasteiger partial charge in [-0.3, -0.25) is 9.36 Å². The first-order chi connectivity index (χ1) is 10.7. The minimum absolute atomic E-state index is 0.0784. The van der Waals surface area contributed by atoms with E-state index in [1.165, 1.54) is 6.92 Å². The second kappa shape index (κ2) is 9.26. The average Bonchev–Trinajstić information content (AvgIpc) is 2.40. The molecule has 0 heterocycles. The zero-order valence-electron chi connectivity index (χ0n) is 14.0. The van der Waals surface area contributed by atoms with Crippen LogP contribution in [0.4, 0.5) is 0 Å². The van der Waals surface area contributed by atoms with Gasteiger partial charge in [0, 0.05) is 25.1 Å². The Bertz CT molecular complexity index is 608. The van der Waals surface area contributed by atoms with Crippen LogP contribution in [0.2, 0.25) is 0 Å². The number of carbonyl (C=O) groups is 2. The monoisotopic (exact) mass is 358 g/mol. The van der Waals surface area contributed by atoms with Crippen LogP contribution in [0.3, 0.4) is 0 Å². The molecule has 0 unspecified atom stereocenters. The molecule has 1 aromatic carbocycles. The Balaban J connectivity index is 2.49. The summed E-state index contributed by atoms with van der Waals surface area (Å²) in [6, 6.07) is 5.29. The van der Waals surface area contributed by atoms with Gasteiger partial charge in [0.1, 0.15) is 0 Å². The van der Waals surface area contributed by atoms with Crippen molar-refractivity contribution in [3.8, 4) is 0 Å². The maximum atomic E-state index is 12.1. The molecule has 1 rings (SSSR count). The number of aryl methyl sites for hydroxylation is 1. The van der Waals surface area contributed by atoms with E-state index in [1.54, 1.807) is 25.5 Å². The van der Waals surface area contributed by atoms with Crippen molar-refractivity contribution < 1.29 is 23.4 Å². The summed E-state index contributed by atoms with van der Waals surface area (Å²) < 4.78 is 21.8. The maximum Gasteiger partial charge on any atom is 0.339 e. The fraction of sp³-hybridized carbons (Fsp3) is 0.500. The van der Waals surface area contributed by atoms with Crippen LogP contribution in [-0.4, -0.2) is 37.6 Å². The molecule has 1 aromatic rings. The van der Waals surface area contributed by atoms with E-state index in [0.717, 1.165) is 17.3 Å². The van der Waals surface area contributed by atoms with Crippen molar-refractivity contribution >= 4 is 30.2 Å². The molecular weight excluding hydrogens is 335 g/mol. The number of rotatable bonds is 8. The molecule has 0 aliphatic carbocycles. The average molecular weight is 358 g/mol. The molecule has 0 fully saturated rings. The van der Waals surface area contributed by atoms with Crippen LogP contribution in [0, 0.1) is 6.92 Å². The van der Waals surface area contributed by atoms with Crippen LogP contribution < -0.4 is 0 Å². The van der Waals surface area contributed by atoms with Crippen LogP contribution in [0.1, 0.15) is 35.7 Å². The van der Waals surface area contributed by atoms with Crippen LogP contribution >= 0.6 is 19.1 Å². The summed E-state index contributed by atoms with van der Waals surface area (Å²) in [5, 5.41) is -0.0784. The molecule has 0 N–H and O–H groups in total. The Morgan fingerprint density at radius 2 is 1.83 bits per heavy atom. The third kappa shape index (κ3) is 8.35. The molecule has 128 valence electrons. The smallest absolute Gasteiger partial charge is 0.339 e. The van der Waals surface area contributed by atoms with Gasteiger partial charge in [0.05, 0.1) is 18.8 Å². The number of hydrogen-bond acceptors (Lipinski definition) is 6. The van der Waals surface area contributed by atoms with Gasteiger partial charge in [0.15, 0.2) is 12.5 Å². The molecule has 0 amide bonds. The third-order valence-corrected chi connectivity index (χ3v) is 4.43. The molecule has 7 heteroatoms. The topological polar surface area (TPSA) is 69.7 Å². The van der Waals surface area contributed by atoms with E-state index >= 15 is 0 Å². The minimum atomic E-state index is -2.45. The third-order valence-electron chi connectivity index (χ3n) is 2.78. The lowest BCUT2D eigenvalue weighted by atomic mass is 10.1. The first-order valence-corrected chi connectivity index (χ1v) is 10.7.